The first-order valence-corrected chi connectivity index (χ1v) is 6.00. The third-order valence-electron chi connectivity index (χ3n) is 2.89. The summed E-state index contributed by atoms with van der Waals surface area (Å²) in [7, 11) is 0. The van der Waals surface area contributed by atoms with Gasteiger partial charge in [0.25, 0.3) is 0 Å². The molecule has 0 aliphatic rings. The molecule has 0 spiro atoms. The molecule has 0 unspecified atom stereocenters. The van der Waals surface area contributed by atoms with Crippen LogP contribution in [-0.4, -0.2) is 12.3 Å². The van der Waals surface area contributed by atoms with E-state index in [1.807, 2.05) is 62.4 Å². The summed E-state index contributed by atoms with van der Waals surface area (Å²) in [6.07, 6.45) is 0. The molecule has 92 valence electrons. The number of hydrogen-bond acceptors (Lipinski definition) is 2. The second-order valence-corrected chi connectivity index (χ2v) is 4.35. The van der Waals surface area contributed by atoms with Gasteiger partial charge in [-0.2, -0.15) is 0 Å². The van der Waals surface area contributed by atoms with Crippen molar-refractivity contribution >= 4 is 5.71 Å². The van der Waals surface area contributed by atoms with Crippen molar-refractivity contribution in [1.29, 1.82) is 5.41 Å². The van der Waals surface area contributed by atoms with E-state index in [9.17, 15) is 0 Å². The molecule has 0 radical (unpaired) electrons. The SMILES string of the molecule is Cc1cccc(C)c1OCC(=N)c1ccccc1. The van der Waals surface area contributed by atoms with E-state index < -0.39 is 0 Å². The van der Waals surface area contributed by atoms with Gasteiger partial charge in [0.05, 0.1) is 5.71 Å². The number of aryl methyl sites for hydroxylation is 2. The predicted molar refractivity (Wildman–Crippen MR) is 74.7 cm³/mol. The molecule has 0 aliphatic carbocycles. The molecule has 0 saturated heterocycles. The van der Waals surface area contributed by atoms with Gasteiger partial charge in [-0.1, -0.05) is 48.5 Å². The third-order valence-corrected chi connectivity index (χ3v) is 2.89. The van der Waals surface area contributed by atoms with E-state index in [4.69, 9.17) is 10.1 Å². The van der Waals surface area contributed by atoms with Crippen LogP contribution in [0.15, 0.2) is 48.5 Å². The Balaban J connectivity index is 2.07. The highest BCUT2D eigenvalue weighted by molar-refractivity contribution is 5.99. The van der Waals surface area contributed by atoms with Gasteiger partial charge in [-0.25, -0.2) is 0 Å². The van der Waals surface area contributed by atoms with Crippen LogP contribution in [0.1, 0.15) is 16.7 Å². The second kappa shape index (κ2) is 5.50. The summed E-state index contributed by atoms with van der Waals surface area (Å²) in [6, 6.07) is 15.7. The van der Waals surface area contributed by atoms with Crippen molar-refractivity contribution in [2.45, 2.75) is 13.8 Å². The predicted octanol–water partition coefficient (Wildman–Crippen LogP) is 3.75. The average Bonchev–Trinajstić information content (AvgIpc) is 2.39. The second-order valence-electron chi connectivity index (χ2n) is 4.35. The Morgan fingerprint density at radius 3 is 2.17 bits per heavy atom. The highest BCUT2D eigenvalue weighted by Gasteiger charge is 2.06. The van der Waals surface area contributed by atoms with Gasteiger partial charge in [-0.05, 0) is 30.5 Å². The van der Waals surface area contributed by atoms with Gasteiger partial charge in [0.2, 0.25) is 0 Å². The maximum atomic E-state index is 7.99. The number of nitrogens with one attached hydrogen (secondary N) is 1. The first-order chi connectivity index (χ1) is 8.68. The summed E-state index contributed by atoms with van der Waals surface area (Å²) < 4.78 is 5.76. The van der Waals surface area contributed by atoms with E-state index in [1.54, 1.807) is 0 Å². The molecule has 2 aromatic carbocycles. The van der Waals surface area contributed by atoms with Crippen molar-refractivity contribution in [3.05, 3.63) is 65.2 Å². The van der Waals surface area contributed by atoms with Crippen molar-refractivity contribution in [2.24, 2.45) is 0 Å². The molecule has 1 N–H and O–H groups in total. The lowest BCUT2D eigenvalue weighted by molar-refractivity contribution is 0.371. The minimum Gasteiger partial charge on any atom is -0.487 e. The molecule has 0 saturated carbocycles. The van der Waals surface area contributed by atoms with Crippen LogP contribution in [0.3, 0.4) is 0 Å². The molecule has 0 fully saturated rings. The number of benzene rings is 2. The van der Waals surface area contributed by atoms with Crippen LogP contribution < -0.4 is 4.74 Å². The first-order valence-electron chi connectivity index (χ1n) is 6.00. The summed E-state index contributed by atoms with van der Waals surface area (Å²) in [5, 5.41) is 7.99. The van der Waals surface area contributed by atoms with Crippen molar-refractivity contribution in [2.75, 3.05) is 6.61 Å². The molecular formula is C16H17NO. The first kappa shape index (κ1) is 12.4. The van der Waals surface area contributed by atoms with Gasteiger partial charge in [0.1, 0.15) is 12.4 Å². The van der Waals surface area contributed by atoms with E-state index >= 15 is 0 Å². The van der Waals surface area contributed by atoms with Crippen LogP contribution in [0.5, 0.6) is 5.75 Å². The Bertz CT molecular complexity index is 526. The zero-order valence-corrected chi connectivity index (χ0v) is 10.7. The van der Waals surface area contributed by atoms with Crippen molar-refractivity contribution in [1.82, 2.24) is 0 Å². The number of rotatable bonds is 4. The zero-order valence-electron chi connectivity index (χ0n) is 10.7. The Kier molecular flexibility index (Phi) is 3.78. The smallest absolute Gasteiger partial charge is 0.130 e. The molecule has 0 aromatic heterocycles. The molecule has 2 heteroatoms. The van der Waals surface area contributed by atoms with Crippen molar-refractivity contribution < 1.29 is 4.74 Å². The monoisotopic (exact) mass is 239 g/mol. The van der Waals surface area contributed by atoms with E-state index in [2.05, 4.69) is 0 Å². The van der Waals surface area contributed by atoms with Gasteiger partial charge < -0.3 is 10.1 Å². The quantitative estimate of drug-likeness (QED) is 0.810. The van der Waals surface area contributed by atoms with Crippen LogP contribution in [0, 0.1) is 19.3 Å². The Hall–Kier alpha value is -2.09. The molecule has 0 aliphatic heterocycles. The fourth-order valence-corrected chi connectivity index (χ4v) is 1.89. The number of hydrogen-bond donors (Lipinski definition) is 1. The van der Waals surface area contributed by atoms with Crippen LogP contribution in [0.25, 0.3) is 0 Å². The Morgan fingerprint density at radius 1 is 0.944 bits per heavy atom. The van der Waals surface area contributed by atoms with E-state index in [1.165, 1.54) is 0 Å². The van der Waals surface area contributed by atoms with Crippen molar-refractivity contribution in [3.8, 4) is 5.75 Å². The largest absolute Gasteiger partial charge is 0.487 e. The molecule has 0 atom stereocenters. The highest BCUT2D eigenvalue weighted by atomic mass is 16.5. The molecule has 0 amide bonds. The number of para-hydroxylation sites is 1. The van der Waals surface area contributed by atoms with Crippen LogP contribution in [-0.2, 0) is 0 Å². The normalized spacial score (nSPS) is 10.1. The summed E-state index contributed by atoms with van der Waals surface area (Å²) in [6.45, 7) is 4.35. The van der Waals surface area contributed by atoms with Crippen LogP contribution in [0.2, 0.25) is 0 Å². The maximum Gasteiger partial charge on any atom is 0.130 e. The minimum atomic E-state index is 0.301. The molecule has 18 heavy (non-hydrogen) atoms. The zero-order chi connectivity index (χ0) is 13.0. The van der Waals surface area contributed by atoms with Crippen molar-refractivity contribution in [3.63, 3.8) is 0 Å². The summed E-state index contributed by atoms with van der Waals surface area (Å²) in [4.78, 5) is 0. The van der Waals surface area contributed by atoms with Crippen LogP contribution in [0.4, 0.5) is 0 Å². The molecule has 2 aromatic rings. The molecule has 0 heterocycles. The highest BCUT2D eigenvalue weighted by Crippen LogP contribution is 2.22. The van der Waals surface area contributed by atoms with Gasteiger partial charge >= 0.3 is 0 Å². The van der Waals surface area contributed by atoms with Gasteiger partial charge in [0, 0.05) is 0 Å². The summed E-state index contributed by atoms with van der Waals surface area (Å²) >= 11 is 0. The fraction of sp³-hybridized carbons (Fsp3) is 0.188. The Labute approximate surface area is 108 Å². The van der Waals surface area contributed by atoms with Gasteiger partial charge in [0.15, 0.2) is 0 Å². The van der Waals surface area contributed by atoms with E-state index in [0.29, 0.717) is 12.3 Å². The van der Waals surface area contributed by atoms with E-state index in [0.717, 1.165) is 22.4 Å². The third kappa shape index (κ3) is 2.77. The summed E-state index contributed by atoms with van der Waals surface area (Å²) in [5.41, 5.74) is 3.62. The molecule has 2 nitrogen and oxygen atoms in total. The van der Waals surface area contributed by atoms with Gasteiger partial charge in [-0.3, -0.25) is 0 Å². The minimum absolute atomic E-state index is 0.301. The topological polar surface area (TPSA) is 33.1 Å². The lowest BCUT2D eigenvalue weighted by Gasteiger charge is -2.12. The lowest BCUT2D eigenvalue weighted by atomic mass is 10.1. The number of ether oxygens (including phenoxy) is 1. The summed E-state index contributed by atoms with van der Waals surface area (Å²) in [5.74, 6) is 0.887. The molecular weight excluding hydrogens is 222 g/mol. The van der Waals surface area contributed by atoms with E-state index in [-0.39, 0.29) is 0 Å². The average molecular weight is 239 g/mol. The molecule has 0 bridgehead atoms. The lowest BCUT2D eigenvalue weighted by Crippen LogP contribution is -2.12. The molecule has 2 rings (SSSR count). The van der Waals surface area contributed by atoms with Crippen LogP contribution >= 0.6 is 0 Å². The standard InChI is InChI=1S/C16H17NO/c1-12-7-6-8-13(2)16(12)18-11-15(17)14-9-4-3-5-10-14/h3-10,17H,11H2,1-2H3. The fourth-order valence-electron chi connectivity index (χ4n) is 1.89. The maximum absolute atomic E-state index is 7.99. The Morgan fingerprint density at radius 2 is 1.56 bits per heavy atom. The van der Waals surface area contributed by atoms with Gasteiger partial charge in [-0.15, -0.1) is 0 Å².